The third kappa shape index (κ3) is 2.65. The van der Waals surface area contributed by atoms with Crippen LogP contribution in [0, 0.1) is 5.92 Å². The van der Waals surface area contributed by atoms with E-state index in [1.807, 2.05) is 30.3 Å². The Bertz CT molecular complexity index is 341. The molecule has 1 unspecified atom stereocenters. The normalized spacial score (nSPS) is 19.3. The van der Waals surface area contributed by atoms with Crippen molar-refractivity contribution < 1.29 is 4.79 Å². The van der Waals surface area contributed by atoms with Crippen molar-refractivity contribution in [2.45, 2.75) is 37.5 Å². The van der Waals surface area contributed by atoms with E-state index >= 15 is 0 Å². The first-order valence-electron chi connectivity index (χ1n) is 6.02. The lowest BCUT2D eigenvalue weighted by molar-refractivity contribution is -0.123. The predicted octanol–water partition coefficient (Wildman–Crippen LogP) is 4.12. The van der Waals surface area contributed by atoms with Crippen molar-refractivity contribution in [2.75, 3.05) is 0 Å². The van der Waals surface area contributed by atoms with E-state index in [0.717, 1.165) is 18.4 Å². The van der Waals surface area contributed by atoms with Gasteiger partial charge < -0.3 is 0 Å². The number of alkyl halides is 1. The Kier molecular flexibility index (Phi) is 4.00. The topological polar surface area (TPSA) is 17.1 Å². The summed E-state index contributed by atoms with van der Waals surface area (Å²) in [7, 11) is 0. The Labute approximate surface area is 102 Å². The summed E-state index contributed by atoms with van der Waals surface area (Å²) in [5, 5.41) is -0.454. The van der Waals surface area contributed by atoms with E-state index in [-0.39, 0.29) is 11.7 Å². The highest BCUT2D eigenvalue weighted by atomic mass is 35.5. The van der Waals surface area contributed by atoms with Crippen LogP contribution in [0.1, 0.15) is 43.0 Å². The van der Waals surface area contributed by atoms with Gasteiger partial charge in [0, 0.05) is 5.92 Å². The predicted molar refractivity (Wildman–Crippen MR) is 66.6 cm³/mol. The molecule has 1 aliphatic carbocycles. The van der Waals surface area contributed by atoms with Crippen molar-refractivity contribution in [3.8, 4) is 0 Å². The Morgan fingerprint density at radius 3 is 2.38 bits per heavy atom. The molecule has 2 heteroatoms. The number of rotatable bonds is 3. The summed E-state index contributed by atoms with van der Waals surface area (Å²) in [6, 6.07) is 9.66. The second kappa shape index (κ2) is 5.49. The van der Waals surface area contributed by atoms with Crippen LogP contribution in [0.4, 0.5) is 0 Å². The van der Waals surface area contributed by atoms with Gasteiger partial charge in [-0.3, -0.25) is 4.79 Å². The van der Waals surface area contributed by atoms with Crippen LogP contribution in [0.5, 0.6) is 0 Å². The van der Waals surface area contributed by atoms with Gasteiger partial charge >= 0.3 is 0 Å². The molecular weight excluding hydrogens is 220 g/mol. The molecule has 86 valence electrons. The fourth-order valence-corrected chi connectivity index (χ4v) is 2.70. The van der Waals surface area contributed by atoms with E-state index in [9.17, 15) is 4.79 Å². The number of hydrogen-bond donors (Lipinski definition) is 0. The van der Waals surface area contributed by atoms with Gasteiger partial charge in [0.25, 0.3) is 0 Å². The van der Waals surface area contributed by atoms with Gasteiger partial charge in [0.2, 0.25) is 0 Å². The number of carbonyl (C=O) groups is 1. The second-order valence-electron chi connectivity index (χ2n) is 4.51. The number of carbonyl (C=O) groups excluding carboxylic acids is 1. The molecule has 16 heavy (non-hydrogen) atoms. The van der Waals surface area contributed by atoms with Crippen molar-refractivity contribution in [3.05, 3.63) is 35.9 Å². The summed E-state index contributed by atoms with van der Waals surface area (Å²) in [6.45, 7) is 0. The van der Waals surface area contributed by atoms with E-state index < -0.39 is 5.38 Å². The molecule has 1 aromatic carbocycles. The Morgan fingerprint density at radius 1 is 1.12 bits per heavy atom. The van der Waals surface area contributed by atoms with Crippen molar-refractivity contribution >= 4 is 17.4 Å². The summed E-state index contributed by atoms with van der Waals surface area (Å²) >= 11 is 6.24. The molecule has 0 bridgehead atoms. The zero-order valence-corrected chi connectivity index (χ0v) is 10.1. The summed E-state index contributed by atoms with van der Waals surface area (Å²) in [4.78, 5) is 12.2. The number of ketones is 1. The zero-order valence-electron chi connectivity index (χ0n) is 9.36. The fraction of sp³-hybridized carbons (Fsp3) is 0.500. The van der Waals surface area contributed by atoms with E-state index in [1.165, 1.54) is 19.3 Å². The van der Waals surface area contributed by atoms with Gasteiger partial charge in [-0.05, 0) is 18.4 Å². The van der Waals surface area contributed by atoms with E-state index in [4.69, 9.17) is 11.6 Å². The third-order valence-corrected chi connectivity index (χ3v) is 3.82. The van der Waals surface area contributed by atoms with Crippen molar-refractivity contribution in [2.24, 2.45) is 5.92 Å². The van der Waals surface area contributed by atoms with Crippen LogP contribution < -0.4 is 0 Å². The van der Waals surface area contributed by atoms with Gasteiger partial charge in [-0.1, -0.05) is 49.6 Å². The van der Waals surface area contributed by atoms with Gasteiger partial charge in [-0.25, -0.2) is 0 Å². The summed E-state index contributed by atoms with van der Waals surface area (Å²) in [5.74, 6) is 0.407. The molecule has 0 spiro atoms. The molecule has 2 rings (SSSR count). The summed E-state index contributed by atoms with van der Waals surface area (Å²) < 4.78 is 0. The Balaban J connectivity index is 2.04. The standard InChI is InChI=1S/C14H17ClO/c15-13(11-7-3-1-4-8-11)14(16)12-9-5-2-6-10-12/h1,3-4,7-8,12-13H,2,5-6,9-10H2. The van der Waals surface area contributed by atoms with Crippen LogP contribution in [0.3, 0.4) is 0 Å². The fourth-order valence-electron chi connectivity index (χ4n) is 2.38. The van der Waals surface area contributed by atoms with Crippen molar-refractivity contribution in [1.29, 1.82) is 0 Å². The molecule has 1 saturated carbocycles. The van der Waals surface area contributed by atoms with Crippen LogP contribution in [0.15, 0.2) is 30.3 Å². The third-order valence-electron chi connectivity index (χ3n) is 3.35. The van der Waals surface area contributed by atoms with Crippen LogP contribution in [0.25, 0.3) is 0 Å². The molecule has 1 fully saturated rings. The molecule has 1 aliphatic rings. The Hall–Kier alpha value is -0.820. The molecule has 0 heterocycles. The first kappa shape index (κ1) is 11.7. The maximum Gasteiger partial charge on any atom is 0.158 e. The lowest BCUT2D eigenvalue weighted by Gasteiger charge is -2.22. The van der Waals surface area contributed by atoms with Crippen molar-refractivity contribution in [3.63, 3.8) is 0 Å². The minimum Gasteiger partial charge on any atom is -0.297 e. The molecule has 0 saturated heterocycles. The lowest BCUT2D eigenvalue weighted by atomic mass is 9.84. The second-order valence-corrected chi connectivity index (χ2v) is 4.95. The summed E-state index contributed by atoms with van der Waals surface area (Å²) in [6.07, 6.45) is 5.66. The minimum atomic E-state index is -0.454. The monoisotopic (exact) mass is 236 g/mol. The molecule has 0 radical (unpaired) electrons. The van der Waals surface area contributed by atoms with E-state index in [0.29, 0.717) is 0 Å². The van der Waals surface area contributed by atoms with Gasteiger partial charge in [0.1, 0.15) is 5.38 Å². The zero-order chi connectivity index (χ0) is 11.4. The summed E-state index contributed by atoms with van der Waals surface area (Å²) in [5.41, 5.74) is 0.930. The minimum absolute atomic E-state index is 0.191. The molecule has 1 atom stereocenters. The number of benzene rings is 1. The van der Waals surface area contributed by atoms with E-state index in [2.05, 4.69) is 0 Å². The smallest absolute Gasteiger partial charge is 0.158 e. The van der Waals surface area contributed by atoms with Gasteiger partial charge in [0.05, 0.1) is 0 Å². The maximum atomic E-state index is 12.2. The highest BCUT2D eigenvalue weighted by molar-refractivity contribution is 6.31. The molecular formula is C14H17ClO. The number of hydrogen-bond acceptors (Lipinski definition) is 1. The lowest BCUT2D eigenvalue weighted by Crippen LogP contribution is -2.21. The SMILES string of the molecule is O=C(C1CCCCC1)C(Cl)c1ccccc1. The molecule has 0 aromatic heterocycles. The average molecular weight is 237 g/mol. The quantitative estimate of drug-likeness (QED) is 0.722. The first-order chi connectivity index (χ1) is 7.79. The number of Topliss-reactive ketones (excluding diaryl/α,β-unsaturated/α-hetero) is 1. The van der Waals surface area contributed by atoms with Gasteiger partial charge in [-0.2, -0.15) is 0 Å². The van der Waals surface area contributed by atoms with Crippen LogP contribution in [-0.4, -0.2) is 5.78 Å². The molecule has 0 amide bonds. The van der Waals surface area contributed by atoms with E-state index in [1.54, 1.807) is 0 Å². The van der Waals surface area contributed by atoms with Crippen LogP contribution in [0.2, 0.25) is 0 Å². The largest absolute Gasteiger partial charge is 0.297 e. The van der Waals surface area contributed by atoms with Crippen LogP contribution in [-0.2, 0) is 4.79 Å². The molecule has 1 nitrogen and oxygen atoms in total. The average Bonchev–Trinajstić information content (AvgIpc) is 2.39. The molecule has 0 N–H and O–H groups in total. The van der Waals surface area contributed by atoms with Crippen molar-refractivity contribution in [1.82, 2.24) is 0 Å². The molecule has 1 aromatic rings. The highest BCUT2D eigenvalue weighted by Crippen LogP contribution is 2.32. The maximum absolute atomic E-state index is 12.2. The highest BCUT2D eigenvalue weighted by Gasteiger charge is 2.27. The Morgan fingerprint density at radius 2 is 1.75 bits per heavy atom. The van der Waals surface area contributed by atoms with Gasteiger partial charge in [0.15, 0.2) is 5.78 Å². The van der Waals surface area contributed by atoms with Crippen LogP contribution >= 0.6 is 11.6 Å². The van der Waals surface area contributed by atoms with Gasteiger partial charge in [-0.15, -0.1) is 11.6 Å². The first-order valence-corrected chi connectivity index (χ1v) is 6.45. The molecule has 0 aliphatic heterocycles. The number of halogens is 1.